The molecule has 5 rings (SSSR count). The molecular formula is C32H43N5. The number of anilines is 1. The highest BCUT2D eigenvalue weighted by Crippen LogP contribution is 2.34. The number of rotatable bonds is 13. The summed E-state index contributed by atoms with van der Waals surface area (Å²) in [6.45, 7) is 4.00. The summed E-state index contributed by atoms with van der Waals surface area (Å²) >= 11 is 0. The Hall–Kier alpha value is -2.89. The third-order valence-electron chi connectivity index (χ3n) is 7.88. The summed E-state index contributed by atoms with van der Waals surface area (Å²) in [6, 6.07) is 17.6. The number of pyridine rings is 1. The minimum atomic E-state index is 0.0782. The first kappa shape index (κ1) is 25.7. The molecule has 2 unspecified atom stereocenters. The highest BCUT2D eigenvalue weighted by molar-refractivity contribution is 5.93. The van der Waals surface area contributed by atoms with E-state index in [0.717, 1.165) is 44.3 Å². The monoisotopic (exact) mass is 497 g/mol. The molecule has 5 heteroatoms. The van der Waals surface area contributed by atoms with Gasteiger partial charge < -0.3 is 21.4 Å². The number of fused-ring (bicyclic) bond motifs is 3. The smallest absolute Gasteiger partial charge is 0.0726 e. The Morgan fingerprint density at radius 2 is 1.76 bits per heavy atom. The molecular weight excluding hydrogens is 454 g/mol. The van der Waals surface area contributed by atoms with Gasteiger partial charge in [0, 0.05) is 59.0 Å². The van der Waals surface area contributed by atoms with Crippen molar-refractivity contribution in [2.24, 2.45) is 5.73 Å². The van der Waals surface area contributed by atoms with Gasteiger partial charge in [0.15, 0.2) is 0 Å². The van der Waals surface area contributed by atoms with Crippen molar-refractivity contribution in [3.05, 3.63) is 71.5 Å². The van der Waals surface area contributed by atoms with E-state index in [4.69, 9.17) is 10.7 Å². The van der Waals surface area contributed by atoms with Gasteiger partial charge in [0.05, 0.1) is 5.52 Å². The van der Waals surface area contributed by atoms with E-state index in [-0.39, 0.29) is 6.04 Å². The Bertz CT molecular complexity index is 1290. The Morgan fingerprint density at radius 3 is 2.65 bits per heavy atom. The largest absolute Gasteiger partial charge is 0.380 e. The number of nitrogens with one attached hydrogen (secondary N) is 3. The maximum Gasteiger partial charge on any atom is 0.0726 e. The zero-order valence-corrected chi connectivity index (χ0v) is 22.4. The predicted molar refractivity (Wildman–Crippen MR) is 157 cm³/mol. The average molecular weight is 498 g/mol. The summed E-state index contributed by atoms with van der Waals surface area (Å²) in [5, 5.41) is 10.3. The standard InChI is InChI=1S/C32H43N5/c1-2-3-4-5-12-25(22-34-21-24(33)19-23-20-35-29-16-9-6-13-26(23)29)36-32-27-14-7-10-17-30(27)37-31-18-11-8-15-28(31)32/h6-7,9-10,13-14,16-17,20,24-25,34-35H,2-5,8,11-12,15,18-19,21-22,33H2,1H3,(H,36,37). The Balaban J connectivity index is 1.27. The van der Waals surface area contributed by atoms with E-state index in [1.54, 1.807) is 0 Å². The summed E-state index contributed by atoms with van der Waals surface area (Å²) in [5.41, 5.74) is 14.3. The van der Waals surface area contributed by atoms with Crippen LogP contribution in [0.3, 0.4) is 0 Å². The number of hydrogen-bond donors (Lipinski definition) is 4. The van der Waals surface area contributed by atoms with Crippen molar-refractivity contribution < 1.29 is 0 Å². The molecule has 196 valence electrons. The van der Waals surface area contributed by atoms with E-state index in [1.165, 1.54) is 77.3 Å². The van der Waals surface area contributed by atoms with Crippen LogP contribution in [-0.2, 0) is 19.3 Å². The second-order valence-corrected chi connectivity index (χ2v) is 10.8. The highest BCUT2D eigenvalue weighted by Gasteiger charge is 2.20. The van der Waals surface area contributed by atoms with E-state index in [9.17, 15) is 0 Å². The topological polar surface area (TPSA) is 78.8 Å². The van der Waals surface area contributed by atoms with Gasteiger partial charge in [-0.3, -0.25) is 4.98 Å². The zero-order chi connectivity index (χ0) is 25.5. The van der Waals surface area contributed by atoms with Crippen LogP contribution in [0.2, 0.25) is 0 Å². The maximum atomic E-state index is 6.59. The van der Waals surface area contributed by atoms with Gasteiger partial charge in [-0.05, 0) is 61.8 Å². The van der Waals surface area contributed by atoms with Crippen molar-refractivity contribution >= 4 is 27.5 Å². The molecule has 1 aliphatic rings. The lowest BCUT2D eigenvalue weighted by atomic mass is 9.92. The predicted octanol–water partition coefficient (Wildman–Crippen LogP) is 6.51. The number of H-pyrrole nitrogens is 1. The van der Waals surface area contributed by atoms with Gasteiger partial charge in [-0.25, -0.2) is 0 Å². The van der Waals surface area contributed by atoms with E-state index >= 15 is 0 Å². The van der Waals surface area contributed by atoms with Gasteiger partial charge in [-0.1, -0.05) is 69.0 Å². The van der Waals surface area contributed by atoms with E-state index in [1.807, 2.05) is 0 Å². The molecule has 37 heavy (non-hydrogen) atoms. The Labute approximate surface area is 221 Å². The lowest BCUT2D eigenvalue weighted by Crippen LogP contribution is -2.41. The third kappa shape index (κ3) is 6.34. The number of nitrogens with two attached hydrogens (primary N) is 1. The lowest BCUT2D eigenvalue weighted by molar-refractivity contribution is 0.507. The van der Waals surface area contributed by atoms with Crippen LogP contribution < -0.4 is 16.4 Å². The van der Waals surface area contributed by atoms with E-state index in [2.05, 4.69) is 77.3 Å². The minimum absolute atomic E-state index is 0.0782. The van der Waals surface area contributed by atoms with Gasteiger partial charge >= 0.3 is 0 Å². The van der Waals surface area contributed by atoms with Crippen molar-refractivity contribution in [3.8, 4) is 0 Å². The van der Waals surface area contributed by atoms with Crippen LogP contribution in [0, 0.1) is 0 Å². The lowest BCUT2D eigenvalue weighted by Gasteiger charge is -2.27. The van der Waals surface area contributed by atoms with Crippen molar-refractivity contribution in [3.63, 3.8) is 0 Å². The van der Waals surface area contributed by atoms with Crippen LogP contribution in [0.5, 0.6) is 0 Å². The van der Waals surface area contributed by atoms with Crippen molar-refractivity contribution in [1.29, 1.82) is 0 Å². The number of aromatic amines is 1. The Kier molecular flexibility index (Phi) is 8.75. The molecule has 1 aliphatic carbocycles. The quantitative estimate of drug-likeness (QED) is 0.159. The van der Waals surface area contributed by atoms with Gasteiger partial charge in [-0.15, -0.1) is 0 Å². The average Bonchev–Trinajstić information content (AvgIpc) is 3.33. The summed E-state index contributed by atoms with van der Waals surface area (Å²) in [6.07, 6.45) is 14.0. The van der Waals surface area contributed by atoms with Crippen molar-refractivity contribution in [1.82, 2.24) is 15.3 Å². The van der Waals surface area contributed by atoms with Crippen LogP contribution in [0.4, 0.5) is 5.69 Å². The van der Waals surface area contributed by atoms with Crippen molar-refractivity contribution in [2.75, 3.05) is 18.4 Å². The van der Waals surface area contributed by atoms with E-state index < -0.39 is 0 Å². The fourth-order valence-corrected chi connectivity index (χ4v) is 5.88. The van der Waals surface area contributed by atoms with Gasteiger partial charge in [-0.2, -0.15) is 0 Å². The van der Waals surface area contributed by atoms with Crippen LogP contribution in [-0.4, -0.2) is 35.1 Å². The van der Waals surface area contributed by atoms with Crippen LogP contribution in [0.15, 0.2) is 54.7 Å². The van der Waals surface area contributed by atoms with Gasteiger partial charge in [0.25, 0.3) is 0 Å². The molecule has 2 atom stereocenters. The van der Waals surface area contributed by atoms with Gasteiger partial charge in [0.1, 0.15) is 0 Å². The molecule has 0 saturated carbocycles. The van der Waals surface area contributed by atoms with Gasteiger partial charge in [0.2, 0.25) is 0 Å². The molecule has 5 N–H and O–H groups in total. The minimum Gasteiger partial charge on any atom is -0.380 e. The normalized spacial score (nSPS) is 15.1. The highest BCUT2D eigenvalue weighted by atomic mass is 15.0. The number of benzene rings is 2. The number of unbranched alkanes of at least 4 members (excludes halogenated alkanes) is 3. The second-order valence-electron chi connectivity index (χ2n) is 10.8. The zero-order valence-electron chi connectivity index (χ0n) is 22.4. The SMILES string of the molecule is CCCCCCC(CNCC(N)Cc1c[nH]c2ccccc12)Nc1c2c(nc3ccccc13)CCCC2. The summed E-state index contributed by atoms with van der Waals surface area (Å²) in [5.74, 6) is 0. The summed E-state index contributed by atoms with van der Waals surface area (Å²) in [4.78, 5) is 8.41. The first-order chi connectivity index (χ1) is 18.2. The number of nitrogens with zero attached hydrogens (tertiary/aromatic N) is 1. The number of aromatic nitrogens is 2. The summed E-state index contributed by atoms with van der Waals surface area (Å²) < 4.78 is 0. The molecule has 2 aromatic heterocycles. The maximum absolute atomic E-state index is 6.59. The molecule has 2 aromatic carbocycles. The molecule has 0 fully saturated rings. The third-order valence-corrected chi connectivity index (χ3v) is 7.88. The molecule has 0 amide bonds. The second kappa shape index (κ2) is 12.6. The first-order valence-electron chi connectivity index (χ1n) is 14.4. The fourth-order valence-electron chi connectivity index (χ4n) is 5.88. The fraction of sp³-hybridized carbons (Fsp3) is 0.469. The van der Waals surface area contributed by atoms with Crippen molar-refractivity contribution in [2.45, 2.75) is 83.2 Å². The summed E-state index contributed by atoms with van der Waals surface area (Å²) in [7, 11) is 0. The number of hydrogen-bond acceptors (Lipinski definition) is 4. The van der Waals surface area contributed by atoms with Crippen LogP contribution in [0.25, 0.3) is 21.8 Å². The molecule has 2 heterocycles. The van der Waals surface area contributed by atoms with E-state index in [0.29, 0.717) is 6.04 Å². The molecule has 0 radical (unpaired) electrons. The molecule has 4 aromatic rings. The molecule has 0 aliphatic heterocycles. The molecule has 0 bridgehead atoms. The first-order valence-corrected chi connectivity index (χ1v) is 14.4. The number of para-hydroxylation sites is 2. The molecule has 5 nitrogen and oxygen atoms in total. The van der Waals surface area contributed by atoms with Crippen LogP contribution in [0.1, 0.15) is 68.7 Å². The molecule has 0 saturated heterocycles. The molecule has 0 spiro atoms. The number of aryl methyl sites for hydroxylation is 1. The Morgan fingerprint density at radius 1 is 0.946 bits per heavy atom. The van der Waals surface area contributed by atoms with Crippen LogP contribution >= 0.6 is 0 Å².